The molecule has 0 atom stereocenters. The van der Waals surface area contributed by atoms with Gasteiger partial charge in [-0.25, -0.2) is 17.5 Å². The molecule has 0 radical (unpaired) electrons. The topological polar surface area (TPSA) is 72.2 Å². The summed E-state index contributed by atoms with van der Waals surface area (Å²) in [7, 11) is -3.58. The van der Waals surface area contributed by atoms with Crippen molar-refractivity contribution in [3.05, 3.63) is 29.6 Å². The summed E-state index contributed by atoms with van der Waals surface area (Å²) in [5.74, 6) is -0.482. The van der Waals surface area contributed by atoms with Crippen molar-refractivity contribution in [2.45, 2.75) is 36.7 Å². The summed E-state index contributed by atoms with van der Waals surface area (Å²) < 4.78 is 39.8. The summed E-state index contributed by atoms with van der Waals surface area (Å²) in [6.07, 6.45) is 1.66. The molecule has 3 N–H and O–H groups in total. The molecular weight excluding hydrogens is 243 g/mol. The first-order valence-electron chi connectivity index (χ1n) is 5.39. The van der Waals surface area contributed by atoms with E-state index in [4.69, 9.17) is 5.73 Å². The van der Waals surface area contributed by atoms with Crippen LogP contribution in [0.1, 0.15) is 25.3 Å². The molecule has 0 spiro atoms. The van der Waals surface area contributed by atoms with Crippen LogP contribution in [0.25, 0.3) is 0 Å². The number of benzene rings is 1. The number of hydrogen-bond acceptors (Lipinski definition) is 3. The third-order valence-electron chi connectivity index (χ3n) is 2.93. The molecule has 1 saturated carbocycles. The molecular formula is C11H15FN2O2S. The first-order valence-corrected chi connectivity index (χ1v) is 6.87. The molecule has 0 aromatic heterocycles. The van der Waals surface area contributed by atoms with Crippen LogP contribution in [0.5, 0.6) is 0 Å². The smallest absolute Gasteiger partial charge is 0.241 e. The van der Waals surface area contributed by atoms with E-state index in [9.17, 15) is 12.8 Å². The van der Waals surface area contributed by atoms with Crippen molar-refractivity contribution in [3.63, 3.8) is 0 Å². The predicted molar refractivity (Wildman–Crippen MR) is 62.3 cm³/mol. The SMILES string of the molecule is CC1(NS(=O)(=O)c2ccc(F)c(CN)c2)CC1. The number of sulfonamides is 1. The van der Waals surface area contributed by atoms with Crippen LogP contribution in [0, 0.1) is 5.82 Å². The van der Waals surface area contributed by atoms with Gasteiger partial charge in [-0.15, -0.1) is 0 Å². The molecule has 1 fully saturated rings. The fraction of sp³-hybridized carbons (Fsp3) is 0.455. The van der Waals surface area contributed by atoms with Gasteiger partial charge in [0.25, 0.3) is 0 Å². The second-order valence-electron chi connectivity index (χ2n) is 4.62. The highest BCUT2D eigenvalue weighted by atomic mass is 32.2. The molecule has 1 aliphatic rings. The Morgan fingerprint density at radius 1 is 1.47 bits per heavy atom. The molecule has 0 unspecified atom stereocenters. The van der Waals surface area contributed by atoms with Gasteiger partial charge in [-0.05, 0) is 38.0 Å². The molecule has 94 valence electrons. The Labute approximate surface area is 100 Å². The van der Waals surface area contributed by atoms with Crippen LogP contribution < -0.4 is 10.5 Å². The van der Waals surface area contributed by atoms with E-state index in [2.05, 4.69) is 4.72 Å². The lowest BCUT2D eigenvalue weighted by atomic mass is 10.2. The highest BCUT2D eigenvalue weighted by Crippen LogP contribution is 2.36. The lowest BCUT2D eigenvalue weighted by Gasteiger charge is -2.13. The minimum atomic E-state index is -3.58. The molecule has 1 aromatic carbocycles. The minimum absolute atomic E-state index is 0.0214. The number of rotatable bonds is 4. The van der Waals surface area contributed by atoms with Gasteiger partial charge in [-0.3, -0.25) is 0 Å². The number of nitrogens with two attached hydrogens (primary N) is 1. The van der Waals surface area contributed by atoms with E-state index >= 15 is 0 Å². The monoisotopic (exact) mass is 258 g/mol. The standard InChI is InChI=1S/C11H15FN2O2S/c1-11(4-5-11)14-17(15,16)9-2-3-10(12)8(6-9)7-13/h2-3,6,14H,4-5,7,13H2,1H3. The van der Waals surface area contributed by atoms with Gasteiger partial charge in [-0.1, -0.05) is 0 Å². The van der Waals surface area contributed by atoms with Gasteiger partial charge in [0.1, 0.15) is 5.82 Å². The van der Waals surface area contributed by atoms with Crippen LogP contribution in [0.15, 0.2) is 23.1 Å². The Kier molecular flexibility index (Phi) is 2.97. The van der Waals surface area contributed by atoms with Gasteiger partial charge in [0.05, 0.1) is 4.90 Å². The Hall–Kier alpha value is -0.980. The van der Waals surface area contributed by atoms with Gasteiger partial charge < -0.3 is 5.73 Å². The van der Waals surface area contributed by atoms with Crippen LogP contribution in [0.4, 0.5) is 4.39 Å². The van der Waals surface area contributed by atoms with E-state index in [0.717, 1.165) is 18.9 Å². The average molecular weight is 258 g/mol. The van der Waals surface area contributed by atoms with Gasteiger partial charge in [0.2, 0.25) is 10.0 Å². The Balaban J connectivity index is 2.32. The maximum Gasteiger partial charge on any atom is 0.241 e. The van der Waals surface area contributed by atoms with E-state index in [1.54, 1.807) is 0 Å². The average Bonchev–Trinajstić information content (AvgIpc) is 2.95. The van der Waals surface area contributed by atoms with Crippen molar-refractivity contribution in [2.24, 2.45) is 5.73 Å². The van der Waals surface area contributed by atoms with Gasteiger partial charge >= 0.3 is 0 Å². The molecule has 1 aliphatic carbocycles. The van der Waals surface area contributed by atoms with Gasteiger partial charge in [0, 0.05) is 17.6 Å². The van der Waals surface area contributed by atoms with Crippen molar-refractivity contribution in [3.8, 4) is 0 Å². The molecule has 4 nitrogen and oxygen atoms in total. The third-order valence-corrected chi connectivity index (χ3v) is 4.56. The summed E-state index contributed by atoms with van der Waals surface area (Å²) in [4.78, 5) is 0.0625. The minimum Gasteiger partial charge on any atom is -0.326 e. The van der Waals surface area contributed by atoms with Crippen LogP contribution in [0.3, 0.4) is 0 Å². The van der Waals surface area contributed by atoms with Crippen LogP contribution in [-0.4, -0.2) is 14.0 Å². The normalized spacial score (nSPS) is 18.1. The summed E-state index contributed by atoms with van der Waals surface area (Å²) in [5.41, 5.74) is 5.21. The van der Waals surface area contributed by atoms with Crippen LogP contribution >= 0.6 is 0 Å². The quantitative estimate of drug-likeness (QED) is 0.850. The maximum atomic E-state index is 13.2. The molecule has 6 heteroatoms. The summed E-state index contributed by atoms with van der Waals surface area (Å²) in [6, 6.07) is 3.66. The summed E-state index contributed by atoms with van der Waals surface area (Å²) in [6.45, 7) is 1.82. The molecule has 0 bridgehead atoms. The second kappa shape index (κ2) is 4.04. The first kappa shape index (κ1) is 12.5. The van der Waals surface area contributed by atoms with Crippen molar-refractivity contribution in [1.82, 2.24) is 4.72 Å². The van der Waals surface area contributed by atoms with E-state index in [-0.39, 0.29) is 22.5 Å². The van der Waals surface area contributed by atoms with Crippen molar-refractivity contribution >= 4 is 10.0 Å². The lowest BCUT2D eigenvalue weighted by molar-refractivity contribution is 0.557. The zero-order valence-electron chi connectivity index (χ0n) is 9.53. The zero-order valence-corrected chi connectivity index (χ0v) is 10.3. The van der Waals surface area contributed by atoms with Crippen molar-refractivity contribution < 1.29 is 12.8 Å². The first-order chi connectivity index (χ1) is 7.86. The molecule has 0 aliphatic heterocycles. The molecule has 0 amide bonds. The van der Waals surface area contributed by atoms with E-state index in [0.29, 0.717) is 0 Å². The number of halogens is 1. The number of nitrogens with one attached hydrogen (secondary N) is 1. The summed E-state index contributed by atoms with van der Waals surface area (Å²) in [5, 5.41) is 0. The second-order valence-corrected chi connectivity index (χ2v) is 6.31. The van der Waals surface area contributed by atoms with Gasteiger partial charge in [0.15, 0.2) is 0 Å². The maximum absolute atomic E-state index is 13.2. The van der Waals surface area contributed by atoms with Crippen LogP contribution in [-0.2, 0) is 16.6 Å². The zero-order chi connectivity index (χ0) is 12.7. The third kappa shape index (κ3) is 2.65. The highest BCUT2D eigenvalue weighted by Gasteiger charge is 2.41. The number of hydrogen-bond donors (Lipinski definition) is 2. The Morgan fingerprint density at radius 2 is 2.12 bits per heavy atom. The largest absolute Gasteiger partial charge is 0.326 e. The molecule has 1 aromatic rings. The van der Waals surface area contributed by atoms with E-state index < -0.39 is 15.8 Å². The van der Waals surface area contributed by atoms with Gasteiger partial charge in [-0.2, -0.15) is 0 Å². The lowest BCUT2D eigenvalue weighted by Crippen LogP contribution is -2.34. The highest BCUT2D eigenvalue weighted by molar-refractivity contribution is 7.89. The predicted octanol–water partition coefficient (Wildman–Crippen LogP) is 1.12. The van der Waals surface area contributed by atoms with Crippen molar-refractivity contribution in [2.75, 3.05) is 0 Å². The molecule has 2 rings (SSSR count). The molecule has 0 heterocycles. The fourth-order valence-corrected chi connectivity index (χ4v) is 3.06. The summed E-state index contributed by atoms with van der Waals surface area (Å²) >= 11 is 0. The molecule has 17 heavy (non-hydrogen) atoms. The van der Waals surface area contributed by atoms with Crippen molar-refractivity contribution in [1.29, 1.82) is 0 Å². The van der Waals surface area contributed by atoms with Crippen LogP contribution in [0.2, 0.25) is 0 Å². The fourth-order valence-electron chi connectivity index (χ4n) is 1.55. The van der Waals surface area contributed by atoms with E-state index in [1.807, 2.05) is 6.92 Å². The Bertz CT molecular complexity index is 538. The van der Waals surface area contributed by atoms with E-state index in [1.165, 1.54) is 12.1 Å². The molecule has 0 saturated heterocycles. The Morgan fingerprint density at radius 3 is 2.65 bits per heavy atom.